The van der Waals surface area contributed by atoms with Gasteiger partial charge in [0.15, 0.2) is 0 Å². The van der Waals surface area contributed by atoms with Crippen LogP contribution >= 0.6 is 0 Å². The third kappa shape index (κ3) is 3.58. The summed E-state index contributed by atoms with van der Waals surface area (Å²) < 4.78 is 12.1. The smallest absolute Gasteiger partial charge is 0.313 e. The van der Waals surface area contributed by atoms with Gasteiger partial charge in [-0.25, -0.2) is 0 Å². The second kappa shape index (κ2) is 8.44. The van der Waals surface area contributed by atoms with Crippen LogP contribution in [-0.4, -0.2) is 34.9 Å². The summed E-state index contributed by atoms with van der Waals surface area (Å²) >= 11 is 0. The van der Waals surface area contributed by atoms with Crippen molar-refractivity contribution in [3.05, 3.63) is 23.3 Å². The Balaban J connectivity index is 1.51. The monoisotopic (exact) mass is 512 g/mol. The molecule has 2 saturated carbocycles. The van der Waals surface area contributed by atoms with Crippen molar-refractivity contribution in [3.63, 3.8) is 0 Å². The normalized spacial score (nSPS) is 44.8. The van der Waals surface area contributed by atoms with E-state index >= 15 is 0 Å². The molecule has 5 rings (SSSR count). The summed E-state index contributed by atoms with van der Waals surface area (Å²) in [5.74, 6) is 0.243. The number of carbonyl (C=O) groups is 2. The summed E-state index contributed by atoms with van der Waals surface area (Å²) in [5, 5.41) is 10.9. The van der Waals surface area contributed by atoms with E-state index in [4.69, 9.17) is 9.47 Å². The fourth-order valence-corrected chi connectivity index (χ4v) is 10.5. The molecule has 5 heteroatoms. The lowest BCUT2D eigenvalue weighted by Gasteiger charge is -2.61. The number of cyclic esters (lactones) is 1. The first-order valence-electron chi connectivity index (χ1n) is 14.6. The topological polar surface area (TPSA) is 72.8 Å². The lowest BCUT2D eigenvalue weighted by Crippen LogP contribution is -2.56. The Labute approximate surface area is 223 Å². The molecule has 0 amide bonds. The van der Waals surface area contributed by atoms with Crippen LogP contribution in [0.4, 0.5) is 0 Å². The molecule has 5 aliphatic rings. The Morgan fingerprint density at radius 1 is 1.03 bits per heavy atom. The highest BCUT2D eigenvalue weighted by Crippen LogP contribution is 2.75. The number of aliphatic hydroxyl groups excluding tert-OH is 1. The van der Waals surface area contributed by atoms with Crippen LogP contribution in [0.25, 0.3) is 0 Å². The third-order valence-electron chi connectivity index (χ3n) is 12.1. The molecule has 5 nitrogen and oxygen atoms in total. The number of esters is 2. The van der Waals surface area contributed by atoms with Crippen molar-refractivity contribution in [1.29, 1.82) is 0 Å². The summed E-state index contributed by atoms with van der Waals surface area (Å²) in [5.41, 5.74) is 2.73. The lowest BCUT2D eigenvalue weighted by molar-refractivity contribution is -0.161. The maximum Gasteiger partial charge on any atom is 0.313 e. The van der Waals surface area contributed by atoms with Gasteiger partial charge in [0.25, 0.3) is 0 Å². The molecule has 8 unspecified atom stereocenters. The van der Waals surface area contributed by atoms with Crippen LogP contribution < -0.4 is 0 Å². The fourth-order valence-electron chi connectivity index (χ4n) is 10.5. The second-order valence-electron chi connectivity index (χ2n) is 14.5. The van der Waals surface area contributed by atoms with Gasteiger partial charge in [0.05, 0.1) is 11.5 Å². The molecule has 3 fully saturated rings. The molecule has 0 bridgehead atoms. The third-order valence-corrected chi connectivity index (χ3v) is 12.1. The molecular weight excluding hydrogens is 464 g/mol. The van der Waals surface area contributed by atoms with E-state index in [0.29, 0.717) is 18.8 Å². The first kappa shape index (κ1) is 27.0. The zero-order valence-corrected chi connectivity index (χ0v) is 24.2. The number of hydrogen-bond acceptors (Lipinski definition) is 5. The highest BCUT2D eigenvalue weighted by Gasteiger charge is 2.75. The van der Waals surface area contributed by atoms with E-state index in [-0.39, 0.29) is 46.3 Å². The Morgan fingerprint density at radius 2 is 1.73 bits per heavy atom. The van der Waals surface area contributed by atoms with E-state index in [0.717, 1.165) is 56.9 Å². The molecule has 1 spiro atoms. The fraction of sp³-hybridized carbons (Fsp3) is 0.812. The largest absolute Gasteiger partial charge is 0.462 e. The van der Waals surface area contributed by atoms with Crippen molar-refractivity contribution in [1.82, 2.24) is 0 Å². The van der Waals surface area contributed by atoms with Gasteiger partial charge in [-0.3, -0.25) is 9.59 Å². The summed E-state index contributed by atoms with van der Waals surface area (Å²) in [7, 11) is 0. The quantitative estimate of drug-likeness (QED) is 0.329. The number of carbonyl (C=O) groups excluding carboxylic acids is 2. The van der Waals surface area contributed by atoms with Crippen LogP contribution in [0.1, 0.15) is 113 Å². The molecule has 1 heterocycles. The number of allylic oxidation sites excluding steroid dienone is 2. The molecule has 0 aromatic carbocycles. The van der Waals surface area contributed by atoms with Gasteiger partial charge in [0, 0.05) is 31.1 Å². The minimum Gasteiger partial charge on any atom is -0.462 e. The zero-order valence-electron chi connectivity index (χ0n) is 24.2. The van der Waals surface area contributed by atoms with Crippen LogP contribution in [0.5, 0.6) is 0 Å². The van der Waals surface area contributed by atoms with Crippen LogP contribution in [0.15, 0.2) is 23.3 Å². The Kier molecular flexibility index (Phi) is 6.15. The van der Waals surface area contributed by atoms with Crippen molar-refractivity contribution in [2.24, 2.45) is 33.5 Å². The molecule has 1 aliphatic heterocycles. The number of hydrogen-bond donors (Lipinski definition) is 1. The van der Waals surface area contributed by atoms with E-state index in [1.54, 1.807) is 5.57 Å². The van der Waals surface area contributed by atoms with E-state index in [1.165, 1.54) is 12.5 Å². The van der Waals surface area contributed by atoms with Gasteiger partial charge in [-0.1, -0.05) is 44.4 Å². The van der Waals surface area contributed by atoms with E-state index in [2.05, 4.69) is 41.2 Å². The summed E-state index contributed by atoms with van der Waals surface area (Å²) in [4.78, 5) is 25.9. The van der Waals surface area contributed by atoms with Gasteiger partial charge >= 0.3 is 11.9 Å². The molecule has 37 heavy (non-hydrogen) atoms. The van der Waals surface area contributed by atoms with Crippen LogP contribution in [0, 0.1) is 33.5 Å². The Hall–Kier alpha value is -1.62. The van der Waals surface area contributed by atoms with Gasteiger partial charge < -0.3 is 14.6 Å². The van der Waals surface area contributed by atoms with Crippen molar-refractivity contribution >= 4 is 11.9 Å². The Bertz CT molecular complexity index is 1040. The molecule has 1 saturated heterocycles. The second-order valence-corrected chi connectivity index (χ2v) is 14.5. The van der Waals surface area contributed by atoms with Gasteiger partial charge in [-0.15, -0.1) is 6.58 Å². The zero-order chi connectivity index (χ0) is 27.2. The van der Waals surface area contributed by atoms with Crippen molar-refractivity contribution in [2.45, 2.75) is 130 Å². The molecule has 0 aromatic heterocycles. The first-order chi connectivity index (χ1) is 17.1. The molecule has 0 radical (unpaired) electrons. The average molecular weight is 513 g/mol. The van der Waals surface area contributed by atoms with E-state index in [9.17, 15) is 14.7 Å². The van der Waals surface area contributed by atoms with E-state index < -0.39 is 11.0 Å². The van der Waals surface area contributed by atoms with Crippen LogP contribution in [0.2, 0.25) is 0 Å². The molecule has 8 atom stereocenters. The SMILES string of the molecule is C=C(C)CC(CC1(C)OC(=O)C23CCC4=C(CCC5C4(C)CCC(O)C5(C)C)C2(C)CCC13)OC(C)=O. The highest BCUT2D eigenvalue weighted by molar-refractivity contribution is 5.83. The maximum atomic E-state index is 14.0. The average Bonchev–Trinajstić information content (AvgIpc) is 3.20. The van der Waals surface area contributed by atoms with E-state index in [1.807, 2.05) is 6.92 Å². The highest BCUT2D eigenvalue weighted by atomic mass is 16.6. The van der Waals surface area contributed by atoms with Crippen molar-refractivity contribution in [3.8, 4) is 0 Å². The van der Waals surface area contributed by atoms with Crippen LogP contribution in [0.3, 0.4) is 0 Å². The molecule has 0 aromatic rings. The summed E-state index contributed by atoms with van der Waals surface area (Å²) in [6.45, 7) is 18.8. The summed E-state index contributed by atoms with van der Waals surface area (Å²) in [6.07, 6.45) is 8.25. The number of aliphatic hydroxyl groups is 1. The molecule has 1 N–H and O–H groups in total. The predicted molar refractivity (Wildman–Crippen MR) is 143 cm³/mol. The standard InChI is InChI=1S/C32H48O5/c1-19(2)17-21(36-20(3)33)18-31(8)25-12-15-30(7)23-9-10-24-28(4,5)26(34)13-14-29(24,6)22(23)11-16-32(25,30)27(35)37-31/h21,24-26,34H,1,9-18H2,2-8H3. The summed E-state index contributed by atoms with van der Waals surface area (Å²) in [6, 6.07) is 0. The lowest BCUT2D eigenvalue weighted by atomic mass is 9.43. The number of ether oxygens (including phenoxy) is 2. The minimum absolute atomic E-state index is 0.0323. The maximum absolute atomic E-state index is 14.0. The number of fused-ring (bicyclic) bond motifs is 3. The van der Waals surface area contributed by atoms with Gasteiger partial charge in [-0.05, 0) is 82.0 Å². The van der Waals surface area contributed by atoms with Crippen molar-refractivity contribution in [2.75, 3.05) is 0 Å². The minimum atomic E-state index is -0.652. The van der Waals surface area contributed by atoms with Gasteiger partial charge in [0.2, 0.25) is 0 Å². The van der Waals surface area contributed by atoms with Crippen LogP contribution in [-0.2, 0) is 19.1 Å². The van der Waals surface area contributed by atoms with Gasteiger partial charge in [0.1, 0.15) is 11.7 Å². The van der Waals surface area contributed by atoms with Gasteiger partial charge in [-0.2, -0.15) is 0 Å². The first-order valence-corrected chi connectivity index (χ1v) is 14.6. The molecule has 206 valence electrons. The number of rotatable bonds is 5. The molecule has 4 aliphatic carbocycles. The van der Waals surface area contributed by atoms with Crippen molar-refractivity contribution < 1.29 is 24.2 Å². The predicted octanol–water partition coefficient (Wildman–Crippen LogP) is 6.68. The Morgan fingerprint density at radius 3 is 2.38 bits per heavy atom. The molecular formula is C32H48O5.